The van der Waals surface area contributed by atoms with Gasteiger partial charge in [0.25, 0.3) is 0 Å². The van der Waals surface area contributed by atoms with Crippen molar-refractivity contribution in [3.05, 3.63) is 90.0 Å². The Morgan fingerprint density at radius 2 is 1.47 bits per heavy atom. The van der Waals surface area contributed by atoms with Crippen molar-refractivity contribution in [3.8, 4) is 11.1 Å². The Kier molecular flexibility index (Phi) is 4.83. The van der Waals surface area contributed by atoms with Crippen LogP contribution in [0, 0.1) is 5.92 Å². The first-order valence-electron chi connectivity index (χ1n) is 10.5. The van der Waals surface area contributed by atoms with Crippen molar-refractivity contribution in [2.24, 2.45) is 5.92 Å². The average Bonchev–Trinajstić information content (AvgIpc) is 3.38. The van der Waals surface area contributed by atoms with E-state index >= 15 is 0 Å². The normalized spacial score (nSPS) is 18.5. The summed E-state index contributed by atoms with van der Waals surface area (Å²) in [5, 5.41) is 3.03. The molecule has 2 aliphatic rings. The van der Waals surface area contributed by atoms with Crippen LogP contribution in [0.1, 0.15) is 17.5 Å². The molecule has 0 saturated carbocycles. The molecule has 1 aliphatic carbocycles. The summed E-state index contributed by atoms with van der Waals surface area (Å²) in [6, 6.07) is 26.5. The highest BCUT2D eigenvalue weighted by atomic mass is 16.2. The van der Waals surface area contributed by atoms with Crippen LogP contribution in [0.4, 0.5) is 5.69 Å². The largest absolute Gasteiger partial charge is 0.338 e. The summed E-state index contributed by atoms with van der Waals surface area (Å²) in [5.41, 5.74) is 5.57. The van der Waals surface area contributed by atoms with E-state index in [1.54, 1.807) is 0 Å². The number of likely N-dealkylation sites (tertiary alicyclic amines) is 1. The minimum absolute atomic E-state index is 0.0772. The van der Waals surface area contributed by atoms with Gasteiger partial charge in [0.2, 0.25) is 11.8 Å². The summed E-state index contributed by atoms with van der Waals surface area (Å²) in [7, 11) is 0. The first kappa shape index (κ1) is 18.6. The van der Waals surface area contributed by atoms with Crippen molar-refractivity contribution in [2.75, 3.05) is 11.9 Å². The fourth-order valence-corrected chi connectivity index (χ4v) is 4.67. The fourth-order valence-electron chi connectivity index (χ4n) is 4.67. The lowest BCUT2D eigenvalue weighted by atomic mass is 10.0. The highest BCUT2D eigenvalue weighted by molar-refractivity contribution is 5.97. The molecule has 0 spiro atoms. The monoisotopic (exact) mass is 396 g/mol. The van der Waals surface area contributed by atoms with Gasteiger partial charge < -0.3 is 10.2 Å². The van der Waals surface area contributed by atoms with Crippen LogP contribution in [0.5, 0.6) is 0 Å². The second-order valence-electron chi connectivity index (χ2n) is 8.21. The molecule has 1 heterocycles. The van der Waals surface area contributed by atoms with E-state index < -0.39 is 0 Å². The number of rotatable bonds is 4. The maximum absolute atomic E-state index is 12.9. The van der Waals surface area contributed by atoms with E-state index in [0.717, 1.165) is 29.7 Å². The van der Waals surface area contributed by atoms with Crippen molar-refractivity contribution in [1.29, 1.82) is 0 Å². The van der Waals surface area contributed by atoms with Crippen LogP contribution in [0.3, 0.4) is 0 Å². The van der Waals surface area contributed by atoms with Crippen LogP contribution in [-0.2, 0) is 22.4 Å². The molecule has 0 bridgehead atoms. The number of anilines is 1. The van der Waals surface area contributed by atoms with Crippen LogP contribution in [-0.4, -0.2) is 29.3 Å². The molecule has 1 saturated heterocycles. The van der Waals surface area contributed by atoms with E-state index in [2.05, 4.69) is 17.4 Å². The van der Waals surface area contributed by atoms with Gasteiger partial charge in [0.15, 0.2) is 0 Å². The first-order valence-corrected chi connectivity index (χ1v) is 10.5. The van der Waals surface area contributed by atoms with Crippen molar-refractivity contribution in [1.82, 2.24) is 4.90 Å². The Bertz CT molecular complexity index is 1070. The smallest absolute Gasteiger partial charge is 0.229 e. The molecule has 3 aromatic carbocycles. The molecule has 30 heavy (non-hydrogen) atoms. The van der Waals surface area contributed by atoms with Crippen molar-refractivity contribution < 1.29 is 9.59 Å². The maximum Gasteiger partial charge on any atom is 0.229 e. The molecule has 2 amide bonds. The first-order chi connectivity index (χ1) is 14.7. The molecule has 4 heteroatoms. The third kappa shape index (κ3) is 3.61. The number of nitrogens with one attached hydrogen (secondary N) is 1. The van der Waals surface area contributed by atoms with E-state index in [-0.39, 0.29) is 30.2 Å². The van der Waals surface area contributed by atoms with Crippen LogP contribution < -0.4 is 5.32 Å². The molecule has 150 valence electrons. The van der Waals surface area contributed by atoms with Gasteiger partial charge in [0.1, 0.15) is 0 Å². The van der Waals surface area contributed by atoms with Gasteiger partial charge in [0.05, 0.1) is 5.92 Å². The molecule has 0 radical (unpaired) electrons. The number of hydrogen-bond acceptors (Lipinski definition) is 2. The number of fused-ring (bicyclic) bond motifs is 1. The molecule has 3 aromatic rings. The topological polar surface area (TPSA) is 49.4 Å². The summed E-state index contributed by atoms with van der Waals surface area (Å²) < 4.78 is 0. The average molecular weight is 396 g/mol. The van der Waals surface area contributed by atoms with Gasteiger partial charge >= 0.3 is 0 Å². The lowest BCUT2D eigenvalue weighted by Crippen LogP contribution is -2.38. The van der Waals surface area contributed by atoms with Crippen LogP contribution in [0.25, 0.3) is 11.1 Å². The Hall–Kier alpha value is -3.40. The van der Waals surface area contributed by atoms with E-state index in [9.17, 15) is 9.59 Å². The molecule has 1 aliphatic heterocycles. The highest BCUT2D eigenvalue weighted by Gasteiger charge is 2.39. The molecule has 1 atom stereocenters. The molecular weight excluding hydrogens is 372 g/mol. The Morgan fingerprint density at radius 1 is 0.800 bits per heavy atom. The second kappa shape index (κ2) is 7.79. The predicted octanol–water partition coefficient (Wildman–Crippen LogP) is 4.31. The van der Waals surface area contributed by atoms with Gasteiger partial charge in [-0.05, 0) is 47.2 Å². The lowest BCUT2D eigenvalue weighted by Gasteiger charge is -2.24. The number of benzene rings is 3. The molecule has 5 rings (SSSR count). The third-order valence-corrected chi connectivity index (χ3v) is 6.24. The summed E-state index contributed by atoms with van der Waals surface area (Å²) >= 11 is 0. The van der Waals surface area contributed by atoms with Gasteiger partial charge in [-0.15, -0.1) is 0 Å². The molecule has 4 nitrogen and oxygen atoms in total. The summed E-state index contributed by atoms with van der Waals surface area (Å²) in [5.74, 6) is -0.292. The van der Waals surface area contributed by atoms with E-state index in [1.807, 2.05) is 71.6 Å². The fraction of sp³-hybridized carbons (Fsp3) is 0.231. The number of amides is 2. The van der Waals surface area contributed by atoms with Gasteiger partial charge in [-0.1, -0.05) is 66.7 Å². The predicted molar refractivity (Wildman–Crippen MR) is 118 cm³/mol. The molecule has 1 fully saturated rings. The van der Waals surface area contributed by atoms with E-state index in [1.165, 1.54) is 11.1 Å². The summed E-state index contributed by atoms with van der Waals surface area (Å²) in [6.07, 6.45) is 2.06. The van der Waals surface area contributed by atoms with E-state index in [0.29, 0.717) is 6.54 Å². The molecule has 0 aromatic heterocycles. The summed E-state index contributed by atoms with van der Waals surface area (Å²) in [4.78, 5) is 27.5. The zero-order valence-corrected chi connectivity index (χ0v) is 16.8. The minimum atomic E-state index is -0.304. The van der Waals surface area contributed by atoms with Crippen molar-refractivity contribution >= 4 is 17.5 Å². The molecular formula is C26H24N2O2. The second-order valence-corrected chi connectivity index (χ2v) is 8.21. The van der Waals surface area contributed by atoms with Crippen molar-refractivity contribution in [2.45, 2.75) is 25.3 Å². The quantitative estimate of drug-likeness (QED) is 0.715. The van der Waals surface area contributed by atoms with Crippen LogP contribution >= 0.6 is 0 Å². The highest BCUT2D eigenvalue weighted by Crippen LogP contribution is 2.31. The molecule has 1 unspecified atom stereocenters. The Morgan fingerprint density at radius 3 is 2.20 bits per heavy atom. The number of carbonyl (C=O) groups is 2. The lowest BCUT2D eigenvalue weighted by molar-refractivity contribution is -0.129. The summed E-state index contributed by atoms with van der Waals surface area (Å²) in [6.45, 7) is 0.502. The zero-order chi connectivity index (χ0) is 20.5. The number of nitrogens with zero attached hydrogens (tertiary/aromatic N) is 1. The van der Waals surface area contributed by atoms with Crippen molar-refractivity contribution in [3.63, 3.8) is 0 Å². The van der Waals surface area contributed by atoms with E-state index in [4.69, 9.17) is 0 Å². The van der Waals surface area contributed by atoms with Gasteiger partial charge in [-0.2, -0.15) is 0 Å². The van der Waals surface area contributed by atoms with Gasteiger partial charge in [0, 0.05) is 24.7 Å². The van der Waals surface area contributed by atoms with Gasteiger partial charge in [-0.25, -0.2) is 0 Å². The van der Waals surface area contributed by atoms with Crippen LogP contribution in [0.2, 0.25) is 0 Å². The maximum atomic E-state index is 12.9. The Balaban J connectivity index is 1.25. The zero-order valence-electron chi connectivity index (χ0n) is 16.8. The number of hydrogen-bond donors (Lipinski definition) is 1. The standard InChI is InChI=1S/C26H24N2O2/c29-25-16-22(17-28(25)24-14-20-9-4-5-10-21(20)15-24)26(30)27-23-12-6-11-19(13-23)18-7-2-1-3-8-18/h1-13,22,24H,14-17H2,(H,27,30). The van der Waals surface area contributed by atoms with Crippen LogP contribution in [0.15, 0.2) is 78.9 Å². The minimum Gasteiger partial charge on any atom is -0.338 e. The molecule has 1 N–H and O–H groups in total. The SMILES string of the molecule is O=C(Nc1cccc(-c2ccccc2)c1)C1CC(=O)N(C2Cc3ccccc3C2)C1. The third-order valence-electron chi connectivity index (χ3n) is 6.24. The number of carbonyl (C=O) groups excluding carboxylic acids is 2. The Labute approximate surface area is 176 Å². The van der Waals surface area contributed by atoms with Gasteiger partial charge in [-0.3, -0.25) is 9.59 Å².